The van der Waals surface area contributed by atoms with Crippen LogP contribution in [0.2, 0.25) is 0 Å². The summed E-state index contributed by atoms with van der Waals surface area (Å²) < 4.78 is 0. The van der Waals surface area contributed by atoms with Crippen LogP contribution in [0.3, 0.4) is 0 Å². The summed E-state index contributed by atoms with van der Waals surface area (Å²) in [5, 5.41) is 7.69. The van der Waals surface area contributed by atoms with Gasteiger partial charge in [0.2, 0.25) is 0 Å². The zero-order chi connectivity index (χ0) is 16.5. The second kappa shape index (κ2) is 6.49. The average Bonchev–Trinajstić information content (AvgIpc) is 3.20. The molecule has 0 saturated carbocycles. The number of nitrogens with zero attached hydrogens (tertiary/aromatic N) is 2. The molecule has 1 aliphatic rings. The minimum absolute atomic E-state index is 0.892. The molecule has 0 aliphatic heterocycles. The lowest BCUT2D eigenvalue weighted by Crippen LogP contribution is -1.95. The van der Waals surface area contributed by atoms with E-state index in [0.717, 1.165) is 35.0 Å². The van der Waals surface area contributed by atoms with Gasteiger partial charge in [0.1, 0.15) is 4.83 Å². The smallest absolute Gasteiger partial charge is 0.183 e. The minimum atomic E-state index is 0.892. The van der Waals surface area contributed by atoms with Gasteiger partial charge in [0, 0.05) is 29.1 Å². The van der Waals surface area contributed by atoms with E-state index in [0.29, 0.717) is 0 Å². The van der Waals surface area contributed by atoms with Crippen LogP contribution in [-0.4, -0.2) is 16.5 Å². The third kappa shape index (κ3) is 2.78. The molecule has 0 fully saturated rings. The van der Waals surface area contributed by atoms with Gasteiger partial charge in [-0.05, 0) is 44.4 Å². The predicted octanol–water partition coefficient (Wildman–Crippen LogP) is 5.98. The van der Waals surface area contributed by atoms with E-state index < -0.39 is 0 Å². The Morgan fingerprint density at radius 2 is 2.17 bits per heavy atom. The Morgan fingerprint density at radius 3 is 2.96 bits per heavy atom. The molecule has 3 heterocycles. The van der Waals surface area contributed by atoms with Crippen molar-refractivity contribution in [1.82, 2.24) is 9.97 Å². The molecule has 4 rings (SSSR count). The zero-order valence-electron chi connectivity index (χ0n) is 13.8. The Hall–Kier alpha value is -1.98. The molecule has 0 radical (unpaired) electrons. The molecule has 0 atom stereocenters. The molecule has 3 nitrogen and oxygen atoms in total. The first-order valence-electron chi connectivity index (χ1n) is 8.20. The maximum Gasteiger partial charge on any atom is 0.183 e. The highest BCUT2D eigenvalue weighted by molar-refractivity contribution is 7.22. The van der Waals surface area contributed by atoms with Gasteiger partial charge in [-0.15, -0.1) is 22.7 Å². The fourth-order valence-corrected chi connectivity index (χ4v) is 4.98. The van der Waals surface area contributed by atoms with Crippen molar-refractivity contribution in [3.8, 4) is 10.6 Å². The van der Waals surface area contributed by atoms with Gasteiger partial charge in [-0.1, -0.05) is 17.7 Å². The van der Waals surface area contributed by atoms with E-state index in [1.54, 1.807) is 22.7 Å². The summed E-state index contributed by atoms with van der Waals surface area (Å²) in [5.74, 6) is 0. The van der Waals surface area contributed by atoms with Crippen molar-refractivity contribution in [3.05, 3.63) is 47.0 Å². The fraction of sp³-hybridized carbons (Fsp3) is 0.263. The zero-order valence-corrected chi connectivity index (χ0v) is 15.4. The number of hydrogen-bond donors (Lipinski definition) is 1. The number of allylic oxidation sites excluding steroid dienone is 4. The summed E-state index contributed by atoms with van der Waals surface area (Å²) in [7, 11) is 0. The number of thiophene rings is 1. The largest absolute Gasteiger partial charge is 0.362 e. The van der Waals surface area contributed by atoms with Crippen LogP contribution in [0, 0.1) is 0 Å². The van der Waals surface area contributed by atoms with E-state index in [1.807, 2.05) is 12.3 Å². The van der Waals surface area contributed by atoms with E-state index in [4.69, 9.17) is 4.98 Å². The first-order chi connectivity index (χ1) is 11.8. The van der Waals surface area contributed by atoms with E-state index in [-0.39, 0.29) is 0 Å². The Kier molecular flexibility index (Phi) is 4.21. The van der Waals surface area contributed by atoms with Crippen LogP contribution in [0.1, 0.15) is 32.3 Å². The Labute approximate surface area is 149 Å². The summed E-state index contributed by atoms with van der Waals surface area (Å²) >= 11 is 3.41. The van der Waals surface area contributed by atoms with Crippen molar-refractivity contribution in [3.63, 3.8) is 0 Å². The maximum atomic E-state index is 4.78. The minimum Gasteiger partial charge on any atom is -0.362 e. The fourth-order valence-electron chi connectivity index (χ4n) is 2.99. The number of nitrogens with one attached hydrogen (secondary N) is 1. The Morgan fingerprint density at radius 1 is 1.25 bits per heavy atom. The van der Waals surface area contributed by atoms with Crippen LogP contribution in [-0.2, 0) is 0 Å². The van der Waals surface area contributed by atoms with Crippen LogP contribution in [0.25, 0.3) is 26.4 Å². The molecule has 0 unspecified atom stereocenters. The van der Waals surface area contributed by atoms with Gasteiger partial charge in [0.05, 0.1) is 10.6 Å². The number of thiazole rings is 1. The Balaban J connectivity index is 1.89. The summed E-state index contributed by atoms with van der Waals surface area (Å²) in [4.78, 5) is 11.7. The lowest BCUT2D eigenvalue weighted by molar-refractivity contribution is 0.979. The molecule has 3 aromatic heterocycles. The van der Waals surface area contributed by atoms with Gasteiger partial charge < -0.3 is 5.32 Å². The van der Waals surface area contributed by atoms with E-state index in [2.05, 4.69) is 47.7 Å². The highest BCUT2D eigenvalue weighted by Gasteiger charge is 2.20. The molecular weight excluding hydrogens is 334 g/mol. The number of anilines is 1. The van der Waals surface area contributed by atoms with Crippen molar-refractivity contribution >= 4 is 43.6 Å². The number of aromatic nitrogens is 2. The molecule has 0 amide bonds. The Bertz CT molecular complexity index is 947. The van der Waals surface area contributed by atoms with Crippen LogP contribution < -0.4 is 5.32 Å². The van der Waals surface area contributed by atoms with E-state index in [9.17, 15) is 0 Å². The third-order valence-electron chi connectivity index (χ3n) is 4.21. The summed E-state index contributed by atoms with van der Waals surface area (Å²) in [6.07, 6.45) is 8.60. The lowest BCUT2D eigenvalue weighted by atomic mass is 9.92. The van der Waals surface area contributed by atoms with Gasteiger partial charge >= 0.3 is 0 Å². The van der Waals surface area contributed by atoms with Crippen LogP contribution in [0.15, 0.2) is 41.4 Å². The summed E-state index contributed by atoms with van der Waals surface area (Å²) in [6, 6.07) is 4.21. The SMILES string of the molecule is CCNc1nc(-c2sc3ncccc3c2C2=CC=C(C)CC2)cs1. The molecule has 0 saturated heterocycles. The molecule has 24 heavy (non-hydrogen) atoms. The van der Waals surface area contributed by atoms with E-state index in [1.165, 1.54) is 27.0 Å². The van der Waals surface area contributed by atoms with Gasteiger partial charge in [-0.25, -0.2) is 9.97 Å². The summed E-state index contributed by atoms with van der Waals surface area (Å²) in [5.41, 5.74) is 5.22. The third-order valence-corrected chi connectivity index (χ3v) is 6.15. The predicted molar refractivity (Wildman–Crippen MR) is 106 cm³/mol. The monoisotopic (exact) mass is 353 g/mol. The first kappa shape index (κ1) is 15.5. The van der Waals surface area contributed by atoms with Crippen LogP contribution in [0.5, 0.6) is 0 Å². The van der Waals surface area contributed by atoms with Crippen molar-refractivity contribution in [1.29, 1.82) is 0 Å². The van der Waals surface area contributed by atoms with Crippen molar-refractivity contribution in [2.45, 2.75) is 26.7 Å². The normalized spacial score (nSPS) is 14.6. The molecule has 0 bridgehead atoms. The average molecular weight is 354 g/mol. The molecule has 1 aliphatic carbocycles. The lowest BCUT2D eigenvalue weighted by Gasteiger charge is -2.13. The van der Waals surface area contributed by atoms with Crippen LogP contribution >= 0.6 is 22.7 Å². The number of hydrogen-bond acceptors (Lipinski definition) is 5. The van der Waals surface area contributed by atoms with E-state index >= 15 is 0 Å². The standard InChI is InChI=1S/C19H19N3S2/c1-3-20-19-22-15(11-23-19)17-16(13-8-6-12(2)7-9-13)14-5-4-10-21-18(14)24-17/h4-6,8,10-11H,3,7,9H2,1-2H3,(H,20,22). The highest BCUT2D eigenvalue weighted by Crippen LogP contribution is 2.44. The summed E-state index contributed by atoms with van der Waals surface area (Å²) in [6.45, 7) is 5.19. The van der Waals surface area contributed by atoms with Crippen molar-refractivity contribution in [2.24, 2.45) is 0 Å². The van der Waals surface area contributed by atoms with Gasteiger partial charge in [-0.3, -0.25) is 0 Å². The van der Waals surface area contributed by atoms with Gasteiger partial charge in [0.25, 0.3) is 0 Å². The van der Waals surface area contributed by atoms with Gasteiger partial charge in [-0.2, -0.15) is 0 Å². The second-order valence-electron chi connectivity index (χ2n) is 5.94. The maximum absolute atomic E-state index is 4.78. The highest BCUT2D eigenvalue weighted by atomic mass is 32.1. The first-order valence-corrected chi connectivity index (χ1v) is 9.90. The molecule has 122 valence electrons. The van der Waals surface area contributed by atoms with Crippen molar-refractivity contribution < 1.29 is 0 Å². The molecule has 0 aromatic carbocycles. The number of rotatable bonds is 4. The topological polar surface area (TPSA) is 37.8 Å². The van der Waals surface area contributed by atoms with Crippen molar-refractivity contribution in [2.75, 3.05) is 11.9 Å². The molecular formula is C19H19N3S2. The molecule has 3 aromatic rings. The van der Waals surface area contributed by atoms with Crippen LogP contribution in [0.4, 0.5) is 5.13 Å². The quantitative estimate of drug-likeness (QED) is 0.627. The second-order valence-corrected chi connectivity index (χ2v) is 7.79. The molecule has 0 spiro atoms. The van der Waals surface area contributed by atoms with Gasteiger partial charge in [0.15, 0.2) is 5.13 Å². The number of fused-ring (bicyclic) bond motifs is 1. The number of pyridine rings is 1. The molecule has 5 heteroatoms. The molecule has 1 N–H and O–H groups in total.